The van der Waals surface area contributed by atoms with Gasteiger partial charge in [0.25, 0.3) is 0 Å². The average Bonchev–Trinajstić information content (AvgIpc) is 2.69. The molecule has 1 aliphatic rings. The van der Waals surface area contributed by atoms with Crippen LogP contribution in [-0.4, -0.2) is 30.3 Å². The van der Waals surface area contributed by atoms with E-state index in [0.29, 0.717) is 12.1 Å². The minimum Gasteiger partial charge on any atom is -0.377 e. The Kier molecular flexibility index (Phi) is 6.65. The molecule has 84 valence electrons. The molecule has 2 unspecified atom stereocenters. The molecule has 0 spiro atoms. The Morgan fingerprint density at radius 2 is 2.43 bits per heavy atom. The van der Waals surface area contributed by atoms with Gasteiger partial charge in [-0.05, 0) is 37.9 Å². The molecular weight excluding hydrogens is 194 g/mol. The highest BCUT2D eigenvalue weighted by Gasteiger charge is 2.14. The van der Waals surface area contributed by atoms with Crippen molar-refractivity contribution in [3.05, 3.63) is 0 Å². The van der Waals surface area contributed by atoms with Crippen LogP contribution in [0.15, 0.2) is 0 Å². The smallest absolute Gasteiger partial charge is 0.0666 e. The molecule has 2 atom stereocenters. The lowest BCUT2D eigenvalue weighted by Gasteiger charge is -2.10. The minimum absolute atomic E-state index is 0.415. The van der Waals surface area contributed by atoms with Crippen molar-refractivity contribution in [1.82, 2.24) is 0 Å². The Hall–Kier alpha value is 0.270. The Morgan fingerprint density at radius 3 is 3.07 bits per heavy atom. The molecule has 1 saturated heterocycles. The molecule has 0 bridgehead atoms. The zero-order valence-electron chi connectivity index (χ0n) is 9.21. The highest BCUT2D eigenvalue weighted by Crippen LogP contribution is 2.18. The third-order valence-corrected chi connectivity index (χ3v) is 3.90. The lowest BCUT2D eigenvalue weighted by atomic mass is 10.1. The van der Waals surface area contributed by atoms with Crippen molar-refractivity contribution in [1.29, 1.82) is 0 Å². The summed E-state index contributed by atoms with van der Waals surface area (Å²) in [5.74, 6) is 2.43. The highest BCUT2D eigenvalue weighted by molar-refractivity contribution is 7.99. The summed E-state index contributed by atoms with van der Waals surface area (Å²) in [6, 6.07) is 0.415. The molecule has 0 aromatic heterocycles. The zero-order valence-corrected chi connectivity index (χ0v) is 10.0. The lowest BCUT2D eigenvalue weighted by molar-refractivity contribution is 0.129. The number of hydrogen-bond acceptors (Lipinski definition) is 3. The maximum absolute atomic E-state index is 5.84. The first-order valence-electron chi connectivity index (χ1n) is 5.78. The van der Waals surface area contributed by atoms with Gasteiger partial charge in [-0.1, -0.05) is 6.92 Å². The summed E-state index contributed by atoms with van der Waals surface area (Å²) in [4.78, 5) is 0. The Bertz CT molecular complexity index is 137. The Labute approximate surface area is 92.0 Å². The van der Waals surface area contributed by atoms with Crippen LogP contribution in [0.2, 0.25) is 0 Å². The standard InChI is InChI=1S/C11H23NOS/c1-2-10(12)5-4-8-14-9-11-6-3-7-13-11/h10-11H,2-9,12H2,1H3. The van der Waals surface area contributed by atoms with E-state index in [9.17, 15) is 0 Å². The van der Waals surface area contributed by atoms with Gasteiger partial charge in [0, 0.05) is 18.4 Å². The maximum atomic E-state index is 5.84. The first-order valence-corrected chi connectivity index (χ1v) is 6.93. The van der Waals surface area contributed by atoms with Crippen molar-refractivity contribution in [2.75, 3.05) is 18.1 Å². The van der Waals surface area contributed by atoms with Gasteiger partial charge in [-0.2, -0.15) is 11.8 Å². The van der Waals surface area contributed by atoms with E-state index in [2.05, 4.69) is 6.92 Å². The number of rotatable bonds is 7. The van der Waals surface area contributed by atoms with Crippen molar-refractivity contribution in [3.63, 3.8) is 0 Å². The minimum atomic E-state index is 0.415. The lowest BCUT2D eigenvalue weighted by Crippen LogP contribution is -2.18. The van der Waals surface area contributed by atoms with Gasteiger partial charge < -0.3 is 10.5 Å². The summed E-state index contributed by atoms with van der Waals surface area (Å²) in [6.07, 6.45) is 6.60. The van der Waals surface area contributed by atoms with E-state index >= 15 is 0 Å². The molecule has 0 saturated carbocycles. The molecule has 1 fully saturated rings. The van der Waals surface area contributed by atoms with Crippen LogP contribution < -0.4 is 5.73 Å². The van der Waals surface area contributed by atoms with E-state index in [-0.39, 0.29) is 0 Å². The van der Waals surface area contributed by atoms with E-state index in [1.807, 2.05) is 11.8 Å². The molecule has 0 aromatic rings. The summed E-state index contributed by atoms with van der Waals surface area (Å²) < 4.78 is 5.56. The molecule has 3 heteroatoms. The second-order valence-corrected chi connectivity index (χ2v) is 5.17. The summed E-state index contributed by atoms with van der Waals surface area (Å²) in [5, 5.41) is 0. The van der Waals surface area contributed by atoms with Crippen LogP contribution in [0.4, 0.5) is 0 Å². The first kappa shape index (κ1) is 12.3. The van der Waals surface area contributed by atoms with E-state index < -0.39 is 0 Å². The van der Waals surface area contributed by atoms with E-state index in [4.69, 9.17) is 10.5 Å². The zero-order chi connectivity index (χ0) is 10.2. The molecule has 0 radical (unpaired) electrons. The second kappa shape index (κ2) is 7.55. The van der Waals surface area contributed by atoms with Gasteiger partial charge in [-0.3, -0.25) is 0 Å². The third-order valence-electron chi connectivity index (χ3n) is 2.72. The van der Waals surface area contributed by atoms with E-state index in [1.54, 1.807) is 0 Å². The highest BCUT2D eigenvalue weighted by atomic mass is 32.2. The average molecular weight is 217 g/mol. The Morgan fingerprint density at radius 1 is 1.57 bits per heavy atom. The molecule has 2 nitrogen and oxygen atoms in total. The topological polar surface area (TPSA) is 35.2 Å². The molecule has 1 heterocycles. The normalized spacial score (nSPS) is 24.0. The van der Waals surface area contributed by atoms with Crippen LogP contribution >= 0.6 is 11.8 Å². The van der Waals surface area contributed by atoms with E-state index in [1.165, 1.54) is 37.2 Å². The van der Waals surface area contributed by atoms with Crippen molar-refractivity contribution < 1.29 is 4.74 Å². The summed E-state index contributed by atoms with van der Waals surface area (Å²) >= 11 is 2.02. The molecular formula is C11H23NOS. The van der Waals surface area contributed by atoms with E-state index in [0.717, 1.165) is 13.0 Å². The van der Waals surface area contributed by atoms with Crippen LogP contribution in [0.1, 0.15) is 39.0 Å². The quantitative estimate of drug-likeness (QED) is 0.665. The van der Waals surface area contributed by atoms with Gasteiger partial charge >= 0.3 is 0 Å². The second-order valence-electron chi connectivity index (χ2n) is 4.02. The molecule has 1 rings (SSSR count). The molecule has 0 aliphatic carbocycles. The van der Waals surface area contributed by atoms with Crippen molar-refractivity contribution in [2.24, 2.45) is 5.73 Å². The van der Waals surface area contributed by atoms with Crippen LogP contribution in [-0.2, 0) is 4.74 Å². The maximum Gasteiger partial charge on any atom is 0.0666 e. The van der Waals surface area contributed by atoms with Gasteiger partial charge in [0.2, 0.25) is 0 Å². The fourth-order valence-electron chi connectivity index (χ4n) is 1.64. The predicted octanol–water partition coefficient (Wildman–Crippen LogP) is 2.42. The third kappa shape index (κ3) is 5.23. The van der Waals surface area contributed by atoms with Gasteiger partial charge in [-0.15, -0.1) is 0 Å². The molecule has 0 amide bonds. The SMILES string of the molecule is CCC(N)CCCSCC1CCCO1. The number of nitrogens with two attached hydrogens (primary N) is 1. The van der Waals surface area contributed by atoms with Crippen molar-refractivity contribution in [2.45, 2.75) is 51.2 Å². The monoisotopic (exact) mass is 217 g/mol. The van der Waals surface area contributed by atoms with Crippen LogP contribution in [0, 0.1) is 0 Å². The van der Waals surface area contributed by atoms with Crippen molar-refractivity contribution in [3.8, 4) is 0 Å². The summed E-state index contributed by atoms with van der Waals surface area (Å²) in [5.41, 5.74) is 5.84. The largest absolute Gasteiger partial charge is 0.377 e. The molecule has 2 N–H and O–H groups in total. The predicted molar refractivity (Wildman–Crippen MR) is 63.8 cm³/mol. The number of thioether (sulfide) groups is 1. The van der Waals surface area contributed by atoms with Crippen LogP contribution in [0.5, 0.6) is 0 Å². The molecule has 0 aromatic carbocycles. The van der Waals surface area contributed by atoms with Crippen LogP contribution in [0.25, 0.3) is 0 Å². The fraction of sp³-hybridized carbons (Fsp3) is 1.00. The van der Waals surface area contributed by atoms with Gasteiger partial charge in [0.05, 0.1) is 6.10 Å². The van der Waals surface area contributed by atoms with Gasteiger partial charge in [-0.25, -0.2) is 0 Å². The van der Waals surface area contributed by atoms with Crippen LogP contribution in [0.3, 0.4) is 0 Å². The molecule has 1 aliphatic heterocycles. The number of hydrogen-bond donors (Lipinski definition) is 1. The fourth-order valence-corrected chi connectivity index (χ4v) is 2.71. The van der Waals surface area contributed by atoms with Crippen molar-refractivity contribution >= 4 is 11.8 Å². The van der Waals surface area contributed by atoms with Gasteiger partial charge in [0.15, 0.2) is 0 Å². The Balaban J connectivity index is 1.84. The molecule has 14 heavy (non-hydrogen) atoms. The summed E-state index contributed by atoms with van der Waals surface area (Å²) in [7, 11) is 0. The van der Waals surface area contributed by atoms with Gasteiger partial charge in [0.1, 0.15) is 0 Å². The summed E-state index contributed by atoms with van der Waals surface area (Å²) in [6.45, 7) is 3.14. The first-order chi connectivity index (χ1) is 6.83. The number of ether oxygens (including phenoxy) is 1.